The maximum absolute atomic E-state index is 9.43. The van der Waals surface area contributed by atoms with Crippen molar-refractivity contribution < 1.29 is 5.11 Å². The van der Waals surface area contributed by atoms with Gasteiger partial charge in [-0.2, -0.15) is 5.10 Å². The molecule has 2 atom stereocenters. The average molecular weight is 240 g/mol. The van der Waals surface area contributed by atoms with Crippen LogP contribution in [0.15, 0.2) is 12.4 Å². The third-order valence-corrected chi connectivity index (χ3v) is 3.06. The van der Waals surface area contributed by atoms with Gasteiger partial charge in [0.1, 0.15) is 0 Å². The molecule has 2 unspecified atom stereocenters. The molecule has 0 saturated heterocycles. The Bertz CT molecular complexity index is 326. The molecule has 0 aliphatic heterocycles. The molecule has 1 aromatic heterocycles. The summed E-state index contributed by atoms with van der Waals surface area (Å²) in [7, 11) is 3.89. The van der Waals surface area contributed by atoms with Crippen molar-refractivity contribution in [3.63, 3.8) is 0 Å². The Morgan fingerprint density at radius 2 is 2.29 bits per heavy atom. The van der Waals surface area contributed by atoms with Gasteiger partial charge >= 0.3 is 0 Å². The van der Waals surface area contributed by atoms with Gasteiger partial charge in [-0.15, -0.1) is 0 Å². The minimum absolute atomic E-state index is 0.00940. The van der Waals surface area contributed by atoms with E-state index in [1.54, 1.807) is 4.68 Å². The number of nitrogens with two attached hydrogens (primary N) is 1. The van der Waals surface area contributed by atoms with Crippen molar-refractivity contribution in [1.82, 2.24) is 14.7 Å². The number of nitrogens with zero attached hydrogens (tertiary/aromatic N) is 3. The molecule has 3 N–H and O–H groups in total. The maximum Gasteiger partial charge on any atom is 0.0601 e. The van der Waals surface area contributed by atoms with Crippen molar-refractivity contribution in [2.24, 2.45) is 12.8 Å². The van der Waals surface area contributed by atoms with Crippen LogP contribution in [-0.2, 0) is 13.6 Å². The largest absolute Gasteiger partial charge is 0.395 e. The number of hydrogen-bond donors (Lipinski definition) is 2. The van der Waals surface area contributed by atoms with E-state index < -0.39 is 0 Å². The van der Waals surface area contributed by atoms with Gasteiger partial charge in [0.15, 0.2) is 0 Å². The average Bonchev–Trinajstić information content (AvgIpc) is 2.65. The third-order valence-electron chi connectivity index (χ3n) is 3.06. The summed E-state index contributed by atoms with van der Waals surface area (Å²) in [5.74, 6) is 0. The van der Waals surface area contributed by atoms with Gasteiger partial charge in [0.2, 0.25) is 0 Å². The van der Waals surface area contributed by atoms with Gasteiger partial charge in [0.05, 0.1) is 12.8 Å². The van der Waals surface area contributed by atoms with E-state index in [0.717, 1.165) is 24.9 Å². The number of hydrogen-bond acceptors (Lipinski definition) is 4. The highest BCUT2D eigenvalue weighted by Gasteiger charge is 2.21. The van der Waals surface area contributed by atoms with E-state index in [1.165, 1.54) is 0 Å². The molecule has 17 heavy (non-hydrogen) atoms. The zero-order chi connectivity index (χ0) is 12.8. The Balaban J connectivity index is 2.56. The molecule has 98 valence electrons. The fourth-order valence-electron chi connectivity index (χ4n) is 2.09. The molecule has 1 aromatic rings. The van der Waals surface area contributed by atoms with Crippen LogP contribution < -0.4 is 5.73 Å². The van der Waals surface area contributed by atoms with Crippen molar-refractivity contribution in [2.75, 3.05) is 13.7 Å². The zero-order valence-electron chi connectivity index (χ0n) is 11.0. The van der Waals surface area contributed by atoms with Crippen LogP contribution in [0.5, 0.6) is 0 Å². The highest BCUT2D eigenvalue weighted by molar-refractivity contribution is 5.03. The fourth-order valence-corrected chi connectivity index (χ4v) is 2.09. The van der Waals surface area contributed by atoms with Gasteiger partial charge in [0, 0.05) is 37.4 Å². The molecule has 0 bridgehead atoms. The van der Waals surface area contributed by atoms with Crippen molar-refractivity contribution in [3.8, 4) is 0 Å². The smallest absolute Gasteiger partial charge is 0.0601 e. The Kier molecular flexibility index (Phi) is 5.61. The second-order valence-electron chi connectivity index (χ2n) is 4.64. The normalized spacial score (nSPS) is 15.2. The van der Waals surface area contributed by atoms with Gasteiger partial charge < -0.3 is 10.8 Å². The first-order chi connectivity index (χ1) is 8.08. The summed E-state index contributed by atoms with van der Waals surface area (Å²) < 4.78 is 1.78. The number of aliphatic hydroxyl groups excluding tert-OH is 1. The second-order valence-corrected chi connectivity index (χ2v) is 4.64. The highest BCUT2D eigenvalue weighted by atomic mass is 16.3. The van der Waals surface area contributed by atoms with Gasteiger partial charge in [0.25, 0.3) is 0 Å². The number of aromatic nitrogens is 2. The summed E-state index contributed by atoms with van der Waals surface area (Å²) >= 11 is 0. The third kappa shape index (κ3) is 4.11. The van der Waals surface area contributed by atoms with E-state index in [4.69, 9.17) is 5.73 Å². The molecule has 0 radical (unpaired) electrons. The van der Waals surface area contributed by atoms with E-state index >= 15 is 0 Å². The molecule has 0 aromatic carbocycles. The summed E-state index contributed by atoms with van der Waals surface area (Å²) in [6.07, 6.45) is 5.80. The second kappa shape index (κ2) is 6.74. The number of likely N-dealkylation sites (N-methyl/N-ethyl adjacent to an activating group) is 1. The van der Waals surface area contributed by atoms with E-state index in [1.807, 2.05) is 26.5 Å². The zero-order valence-corrected chi connectivity index (χ0v) is 11.0. The molecule has 0 saturated carbocycles. The van der Waals surface area contributed by atoms with Crippen molar-refractivity contribution in [1.29, 1.82) is 0 Å². The monoisotopic (exact) mass is 240 g/mol. The fraction of sp³-hybridized carbons (Fsp3) is 0.750. The lowest BCUT2D eigenvalue weighted by molar-refractivity contribution is 0.118. The molecule has 5 nitrogen and oxygen atoms in total. The summed E-state index contributed by atoms with van der Waals surface area (Å²) in [4.78, 5) is 2.09. The van der Waals surface area contributed by atoms with Gasteiger partial charge in [-0.1, -0.05) is 13.3 Å². The minimum atomic E-state index is 0.00940. The van der Waals surface area contributed by atoms with E-state index in [-0.39, 0.29) is 18.7 Å². The quantitative estimate of drug-likeness (QED) is 0.721. The Labute approximate surface area is 103 Å². The van der Waals surface area contributed by atoms with Crippen LogP contribution in [0.3, 0.4) is 0 Å². The molecular weight excluding hydrogens is 216 g/mol. The van der Waals surface area contributed by atoms with E-state index in [2.05, 4.69) is 16.9 Å². The summed E-state index contributed by atoms with van der Waals surface area (Å²) in [5.41, 5.74) is 7.21. The predicted molar refractivity (Wildman–Crippen MR) is 68.4 cm³/mol. The molecule has 0 amide bonds. The first-order valence-corrected chi connectivity index (χ1v) is 6.12. The molecule has 0 aliphatic rings. The number of rotatable bonds is 7. The van der Waals surface area contributed by atoms with Crippen LogP contribution in [0.25, 0.3) is 0 Å². The van der Waals surface area contributed by atoms with Crippen LogP contribution in [-0.4, -0.2) is 45.5 Å². The topological polar surface area (TPSA) is 67.3 Å². The van der Waals surface area contributed by atoms with Gasteiger partial charge in [-0.3, -0.25) is 9.58 Å². The highest BCUT2D eigenvalue weighted by Crippen LogP contribution is 2.10. The maximum atomic E-state index is 9.43. The van der Waals surface area contributed by atoms with Crippen molar-refractivity contribution in [3.05, 3.63) is 18.0 Å². The minimum Gasteiger partial charge on any atom is -0.395 e. The summed E-state index contributed by atoms with van der Waals surface area (Å²) in [6, 6.07) is 0.0295. The van der Waals surface area contributed by atoms with Crippen LogP contribution in [0, 0.1) is 0 Å². The van der Waals surface area contributed by atoms with Crippen molar-refractivity contribution >= 4 is 0 Å². The van der Waals surface area contributed by atoms with E-state index in [0.29, 0.717) is 0 Å². The van der Waals surface area contributed by atoms with Crippen LogP contribution in [0.4, 0.5) is 0 Å². The summed E-state index contributed by atoms with van der Waals surface area (Å²) in [6.45, 7) is 2.96. The predicted octanol–water partition coefficient (Wildman–Crippen LogP) is 0.340. The van der Waals surface area contributed by atoms with Crippen molar-refractivity contribution in [2.45, 2.75) is 38.4 Å². The first kappa shape index (κ1) is 14.2. The number of aliphatic hydroxyl groups is 1. The first-order valence-electron chi connectivity index (χ1n) is 6.12. The van der Waals surface area contributed by atoms with Crippen LogP contribution >= 0.6 is 0 Å². The van der Waals surface area contributed by atoms with Crippen LogP contribution in [0.2, 0.25) is 0 Å². The SMILES string of the molecule is CCCC(N)C(CO)N(C)Cc1cnn(C)c1. The molecule has 5 heteroatoms. The molecule has 0 spiro atoms. The Hall–Kier alpha value is -0.910. The molecule has 1 rings (SSSR count). The molecule has 0 fully saturated rings. The molecular formula is C12H24N4O. The van der Waals surface area contributed by atoms with Crippen LogP contribution in [0.1, 0.15) is 25.3 Å². The lowest BCUT2D eigenvalue weighted by Crippen LogP contribution is -2.48. The molecule has 0 aliphatic carbocycles. The van der Waals surface area contributed by atoms with Gasteiger partial charge in [-0.25, -0.2) is 0 Å². The lowest BCUT2D eigenvalue weighted by Gasteiger charge is -2.30. The lowest BCUT2D eigenvalue weighted by atomic mass is 10.0. The standard InChI is InChI=1S/C12H24N4O/c1-4-5-11(13)12(9-17)15(2)7-10-6-14-16(3)8-10/h6,8,11-12,17H,4-5,7,9,13H2,1-3H3. The Morgan fingerprint density at radius 1 is 1.59 bits per heavy atom. The van der Waals surface area contributed by atoms with E-state index in [9.17, 15) is 5.11 Å². The summed E-state index contributed by atoms with van der Waals surface area (Å²) in [5, 5.41) is 13.6. The molecule has 1 heterocycles. The van der Waals surface area contributed by atoms with Gasteiger partial charge in [-0.05, 0) is 13.5 Å². The number of aryl methyl sites for hydroxylation is 1. The Morgan fingerprint density at radius 3 is 2.76 bits per heavy atom.